The lowest BCUT2D eigenvalue weighted by Crippen LogP contribution is -2.37. The highest BCUT2D eigenvalue weighted by molar-refractivity contribution is 9.10. The van der Waals surface area contributed by atoms with Gasteiger partial charge in [0.05, 0.1) is 5.02 Å². The molecule has 0 aliphatic carbocycles. The molecule has 2 unspecified atom stereocenters. The van der Waals surface area contributed by atoms with E-state index in [1.807, 2.05) is 13.8 Å². The van der Waals surface area contributed by atoms with E-state index in [0.717, 1.165) is 0 Å². The van der Waals surface area contributed by atoms with Crippen LogP contribution >= 0.6 is 39.1 Å². The highest BCUT2D eigenvalue weighted by Gasteiger charge is 2.15. The van der Waals surface area contributed by atoms with Crippen LogP contribution in [0.25, 0.3) is 0 Å². The Balaban J connectivity index is 2.73. The van der Waals surface area contributed by atoms with Gasteiger partial charge in [-0.2, -0.15) is 0 Å². The maximum atomic E-state index is 11.9. The number of nitrogens with one attached hydrogen (secondary N) is 1. The van der Waals surface area contributed by atoms with Crippen LogP contribution in [0.4, 0.5) is 0 Å². The number of alkyl halides is 1. The van der Waals surface area contributed by atoms with Gasteiger partial charge in [0.25, 0.3) is 5.91 Å². The van der Waals surface area contributed by atoms with Gasteiger partial charge in [-0.25, -0.2) is 0 Å². The molecule has 0 bridgehead atoms. The summed E-state index contributed by atoms with van der Waals surface area (Å²) in [6.45, 7) is 3.94. The number of hydrogen-bond donors (Lipinski definition) is 1. The summed E-state index contributed by atoms with van der Waals surface area (Å²) in [6, 6.07) is 5.13. The van der Waals surface area contributed by atoms with Gasteiger partial charge in [0.1, 0.15) is 0 Å². The molecule has 1 N–H and O–H groups in total. The molecular weight excluding hydrogens is 325 g/mol. The number of carbonyl (C=O) groups is 1. The van der Waals surface area contributed by atoms with Gasteiger partial charge >= 0.3 is 0 Å². The fourth-order valence-corrected chi connectivity index (χ4v) is 1.97. The molecular formula is C12H14BrCl2NO. The van der Waals surface area contributed by atoms with Crippen molar-refractivity contribution in [2.45, 2.75) is 19.9 Å². The van der Waals surface area contributed by atoms with Crippen molar-refractivity contribution in [1.29, 1.82) is 0 Å². The summed E-state index contributed by atoms with van der Waals surface area (Å²) in [6.07, 6.45) is 0. The molecule has 1 aromatic rings. The normalized spacial score (nSPS) is 14.2. The van der Waals surface area contributed by atoms with Gasteiger partial charge in [-0.3, -0.25) is 4.79 Å². The van der Waals surface area contributed by atoms with Gasteiger partial charge in [0, 0.05) is 22.0 Å². The lowest BCUT2D eigenvalue weighted by molar-refractivity contribution is 0.0931. The lowest BCUT2D eigenvalue weighted by Gasteiger charge is -2.19. The molecule has 0 saturated carbocycles. The molecule has 5 heteroatoms. The van der Waals surface area contributed by atoms with Crippen LogP contribution in [0.1, 0.15) is 24.2 Å². The number of benzene rings is 1. The molecule has 0 spiro atoms. The average Bonchev–Trinajstić information content (AvgIpc) is 2.31. The molecule has 0 aliphatic rings. The second-order valence-corrected chi connectivity index (χ2v) is 5.59. The van der Waals surface area contributed by atoms with E-state index < -0.39 is 0 Å². The van der Waals surface area contributed by atoms with E-state index in [4.69, 9.17) is 23.2 Å². The van der Waals surface area contributed by atoms with E-state index >= 15 is 0 Å². The Kier molecular flexibility index (Phi) is 5.77. The summed E-state index contributed by atoms with van der Waals surface area (Å²) in [5.41, 5.74) is 0.579. The highest BCUT2D eigenvalue weighted by atomic mass is 79.9. The molecule has 0 saturated heterocycles. The standard InChI is InChI=1S/C12H14BrCl2NO/c1-7(6-14)8(2)16-12(17)9-3-4-11(15)10(13)5-9/h3-5,7-8H,6H2,1-2H3,(H,16,17). The van der Waals surface area contributed by atoms with Gasteiger partial charge in [0.15, 0.2) is 0 Å². The maximum Gasteiger partial charge on any atom is 0.251 e. The lowest BCUT2D eigenvalue weighted by atomic mass is 10.1. The van der Waals surface area contributed by atoms with Crippen molar-refractivity contribution < 1.29 is 4.79 Å². The molecule has 0 aliphatic heterocycles. The van der Waals surface area contributed by atoms with Crippen LogP contribution in [0.5, 0.6) is 0 Å². The first-order chi connectivity index (χ1) is 7.95. The third-order valence-electron chi connectivity index (χ3n) is 2.64. The fourth-order valence-electron chi connectivity index (χ4n) is 1.20. The Morgan fingerprint density at radius 3 is 2.65 bits per heavy atom. The van der Waals surface area contributed by atoms with Gasteiger partial charge in [0.2, 0.25) is 0 Å². The zero-order valence-electron chi connectivity index (χ0n) is 9.64. The van der Waals surface area contributed by atoms with E-state index in [-0.39, 0.29) is 17.9 Å². The van der Waals surface area contributed by atoms with Crippen LogP contribution in [-0.2, 0) is 0 Å². The van der Waals surface area contributed by atoms with Gasteiger partial charge < -0.3 is 5.32 Å². The minimum absolute atomic E-state index is 0.0365. The Morgan fingerprint density at radius 1 is 1.47 bits per heavy atom. The summed E-state index contributed by atoms with van der Waals surface area (Å²) < 4.78 is 0.713. The highest BCUT2D eigenvalue weighted by Crippen LogP contribution is 2.23. The van der Waals surface area contributed by atoms with Crippen LogP contribution in [0.15, 0.2) is 22.7 Å². The first-order valence-electron chi connectivity index (χ1n) is 5.27. The number of carbonyl (C=O) groups excluding carboxylic acids is 1. The molecule has 17 heavy (non-hydrogen) atoms. The van der Waals surface area contributed by atoms with E-state index in [1.54, 1.807) is 18.2 Å². The van der Waals surface area contributed by atoms with Crippen LogP contribution in [-0.4, -0.2) is 17.8 Å². The summed E-state index contributed by atoms with van der Waals surface area (Å²) in [4.78, 5) is 11.9. The van der Waals surface area contributed by atoms with Crippen molar-refractivity contribution in [2.75, 3.05) is 5.88 Å². The molecule has 0 radical (unpaired) electrons. The molecule has 1 aromatic carbocycles. The van der Waals surface area contributed by atoms with Crippen molar-refractivity contribution in [3.05, 3.63) is 33.3 Å². The zero-order valence-corrected chi connectivity index (χ0v) is 12.7. The van der Waals surface area contributed by atoms with E-state index in [1.165, 1.54) is 0 Å². The van der Waals surface area contributed by atoms with Crippen molar-refractivity contribution in [2.24, 2.45) is 5.92 Å². The number of hydrogen-bond acceptors (Lipinski definition) is 1. The van der Waals surface area contributed by atoms with Crippen molar-refractivity contribution in [3.63, 3.8) is 0 Å². The minimum atomic E-state index is -0.119. The summed E-state index contributed by atoms with van der Waals surface area (Å²) in [7, 11) is 0. The Labute approximate surface area is 120 Å². The topological polar surface area (TPSA) is 29.1 Å². The van der Waals surface area contributed by atoms with Crippen LogP contribution in [0, 0.1) is 5.92 Å². The smallest absolute Gasteiger partial charge is 0.251 e. The molecule has 94 valence electrons. The third-order valence-corrected chi connectivity index (χ3v) is 4.34. The maximum absolute atomic E-state index is 11.9. The van der Waals surface area contributed by atoms with E-state index in [0.29, 0.717) is 20.9 Å². The Hall–Kier alpha value is -0.250. The fraction of sp³-hybridized carbons (Fsp3) is 0.417. The first-order valence-corrected chi connectivity index (χ1v) is 6.98. The first kappa shape index (κ1) is 14.8. The van der Waals surface area contributed by atoms with Crippen molar-refractivity contribution >= 4 is 45.0 Å². The number of amides is 1. The molecule has 0 heterocycles. The van der Waals surface area contributed by atoms with Crippen LogP contribution in [0.3, 0.4) is 0 Å². The molecule has 2 nitrogen and oxygen atoms in total. The second-order valence-electron chi connectivity index (χ2n) is 4.02. The third kappa shape index (κ3) is 4.16. The molecule has 0 aromatic heterocycles. The predicted molar refractivity (Wildman–Crippen MR) is 76.0 cm³/mol. The van der Waals surface area contributed by atoms with E-state index in [9.17, 15) is 4.79 Å². The average molecular weight is 339 g/mol. The number of rotatable bonds is 4. The molecule has 0 fully saturated rings. The zero-order chi connectivity index (χ0) is 13.0. The van der Waals surface area contributed by atoms with Gasteiger partial charge in [-0.05, 0) is 47.0 Å². The van der Waals surface area contributed by atoms with E-state index in [2.05, 4.69) is 21.2 Å². The largest absolute Gasteiger partial charge is 0.349 e. The van der Waals surface area contributed by atoms with Crippen molar-refractivity contribution in [1.82, 2.24) is 5.32 Å². The quantitative estimate of drug-likeness (QED) is 0.823. The minimum Gasteiger partial charge on any atom is -0.349 e. The monoisotopic (exact) mass is 337 g/mol. The molecule has 1 amide bonds. The SMILES string of the molecule is CC(CCl)C(C)NC(=O)c1ccc(Cl)c(Br)c1. The number of halogens is 3. The molecule has 1 rings (SSSR count). The van der Waals surface area contributed by atoms with Crippen molar-refractivity contribution in [3.8, 4) is 0 Å². The van der Waals surface area contributed by atoms with Crippen LogP contribution in [0.2, 0.25) is 5.02 Å². The van der Waals surface area contributed by atoms with Crippen LogP contribution < -0.4 is 5.32 Å². The second kappa shape index (κ2) is 6.62. The van der Waals surface area contributed by atoms with Gasteiger partial charge in [-0.1, -0.05) is 18.5 Å². The summed E-state index contributed by atoms with van der Waals surface area (Å²) >= 11 is 14.9. The summed E-state index contributed by atoms with van der Waals surface area (Å²) in [5.74, 6) is 0.634. The summed E-state index contributed by atoms with van der Waals surface area (Å²) in [5, 5.41) is 3.49. The van der Waals surface area contributed by atoms with Gasteiger partial charge in [-0.15, -0.1) is 11.6 Å². The molecule has 2 atom stereocenters. The predicted octanol–water partition coefficient (Wildman–Crippen LogP) is 4.10. The Morgan fingerprint density at radius 2 is 2.12 bits per heavy atom. The Bertz CT molecular complexity index is 411.